The van der Waals surface area contributed by atoms with E-state index >= 15 is 0 Å². The van der Waals surface area contributed by atoms with Gasteiger partial charge in [-0.25, -0.2) is 17.9 Å². The van der Waals surface area contributed by atoms with Crippen LogP contribution in [0.5, 0.6) is 0 Å². The molecule has 25 heavy (non-hydrogen) atoms. The summed E-state index contributed by atoms with van der Waals surface area (Å²) in [5.74, 6) is -1.22. The molecule has 0 atom stereocenters. The highest BCUT2D eigenvalue weighted by atomic mass is 32.2. The smallest absolute Gasteiger partial charge is 0.321 e. The van der Waals surface area contributed by atoms with Crippen LogP contribution in [0.3, 0.4) is 0 Å². The third-order valence-corrected chi connectivity index (χ3v) is 5.57. The van der Waals surface area contributed by atoms with Crippen LogP contribution in [-0.4, -0.2) is 50.1 Å². The summed E-state index contributed by atoms with van der Waals surface area (Å²) >= 11 is 0. The third-order valence-electron chi connectivity index (χ3n) is 4.09. The fraction of sp³-hybridized carbons (Fsp3) is 0.500. The Hall–Kier alpha value is -2.13. The molecular weight excluding hydrogens is 346 g/mol. The topological polar surface area (TPSA) is 116 Å². The summed E-state index contributed by atoms with van der Waals surface area (Å²) in [6.07, 6.45) is 1.57. The van der Waals surface area contributed by atoms with Crippen molar-refractivity contribution >= 4 is 27.7 Å². The van der Waals surface area contributed by atoms with Gasteiger partial charge >= 0.3 is 12.0 Å². The number of likely N-dealkylation sites (tertiary alicyclic amines) is 1. The van der Waals surface area contributed by atoms with Crippen molar-refractivity contribution < 1.29 is 23.1 Å². The average Bonchev–Trinajstić information content (AvgIpc) is 2.60. The second-order valence-electron chi connectivity index (χ2n) is 5.95. The summed E-state index contributed by atoms with van der Waals surface area (Å²) in [6, 6.07) is 5.61. The van der Waals surface area contributed by atoms with E-state index in [9.17, 15) is 18.0 Å². The molecular formula is C16H23N3O5S. The van der Waals surface area contributed by atoms with E-state index in [1.165, 1.54) is 24.3 Å². The minimum Gasteiger partial charge on any atom is -0.481 e. The van der Waals surface area contributed by atoms with Gasteiger partial charge in [0.1, 0.15) is 0 Å². The molecule has 1 heterocycles. The van der Waals surface area contributed by atoms with Crippen LogP contribution in [0, 0.1) is 5.92 Å². The van der Waals surface area contributed by atoms with E-state index in [1.54, 1.807) is 4.90 Å². The SMILES string of the molecule is CCCNS(=O)(=O)c1ccc(NC(=O)N2CCC(C(=O)O)CC2)cc1. The Morgan fingerprint density at radius 2 is 1.80 bits per heavy atom. The van der Waals surface area contributed by atoms with Gasteiger partial charge in [-0.2, -0.15) is 0 Å². The van der Waals surface area contributed by atoms with Gasteiger partial charge in [0.05, 0.1) is 10.8 Å². The number of hydrogen-bond donors (Lipinski definition) is 3. The normalized spacial score (nSPS) is 15.8. The van der Waals surface area contributed by atoms with Crippen LogP contribution in [0.2, 0.25) is 0 Å². The molecule has 3 N–H and O–H groups in total. The standard InChI is InChI=1S/C16H23N3O5S/c1-2-9-17-25(23,24)14-5-3-13(4-6-14)18-16(22)19-10-7-12(8-11-19)15(20)21/h3-6,12,17H,2,7-11H2,1H3,(H,18,22)(H,20,21). The number of urea groups is 1. The number of sulfonamides is 1. The van der Waals surface area contributed by atoms with E-state index < -0.39 is 21.9 Å². The van der Waals surface area contributed by atoms with Gasteiger partial charge in [0.25, 0.3) is 0 Å². The summed E-state index contributed by atoms with van der Waals surface area (Å²) in [4.78, 5) is 24.8. The van der Waals surface area contributed by atoms with Gasteiger partial charge in [0.15, 0.2) is 0 Å². The molecule has 1 fully saturated rings. The molecule has 1 aromatic carbocycles. The van der Waals surface area contributed by atoms with Crippen LogP contribution < -0.4 is 10.0 Å². The first kappa shape index (κ1) is 19.2. The van der Waals surface area contributed by atoms with Gasteiger partial charge in [-0.05, 0) is 43.5 Å². The number of aliphatic carboxylic acids is 1. The van der Waals surface area contributed by atoms with Crippen LogP contribution in [-0.2, 0) is 14.8 Å². The fourth-order valence-corrected chi connectivity index (χ4v) is 3.70. The molecule has 0 aliphatic carbocycles. The number of amides is 2. The van der Waals surface area contributed by atoms with Crippen molar-refractivity contribution in [3.63, 3.8) is 0 Å². The average molecular weight is 369 g/mol. The Balaban J connectivity index is 1.93. The van der Waals surface area contributed by atoms with Gasteiger partial charge in [0.2, 0.25) is 10.0 Å². The van der Waals surface area contributed by atoms with Crippen molar-refractivity contribution in [3.8, 4) is 0 Å². The van der Waals surface area contributed by atoms with E-state index in [-0.39, 0.29) is 10.9 Å². The molecule has 1 saturated heterocycles. The van der Waals surface area contributed by atoms with Gasteiger partial charge in [-0.3, -0.25) is 4.79 Å². The van der Waals surface area contributed by atoms with Crippen molar-refractivity contribution in [1.82, 2.24) is 9.62 Å². The number of carbonyl (C=O) groups excluding carboxylic acids is 1. The molecule has 1 aromatic rings. The first-order chi connectivity index (χ1) is 11.8. The Kier molecular flexibility index (Phi) is 6.38. The molecule has 8 nitrogen and oxygen atoms in total. The maximum absolute atomic E-state index is 12.2. The number of anilines is 1. The van der Waals surface area contributed by atoms with E-state index in [4.69, 9.17) is 5.11 Å². The van der Waals surface area contributed by atoms with Gasteiger partial charge in [-0.15, -0.1) is 0 Å². The highest BCUT2D eigenvalue weighted by molar-refractivity contribution is 7.89. The molecule has 0 unspecified atom stereocenters. The van der Waals surface area contributed by atoms with Crippen LogP contribution in [0.1, 0.15) is 26.2 Å². The number of benzene rings is 1. The molecule has 0 radical (unpaired) electrons. The van der Waals surface area contributed by atoms with Crippen molar-refractivity contribution in [2.45, 2.75) is 31.1 Å². The van der Waals surface area contributed by atoms with Gasteiger partial charge < -0.3 is 15.3 Å². The molecule has 0 spiro atoms. The first-order valence-corrected chi connectivity index (χ1v) is 9.70. The van der Waals surface area contributed by atoms with Crippen molar-refractivity contribution in [2.24, 2.45) is 5.92 Å². The highest BCUT2D eigenvalue weighted by Gasteiger charge is 2.27. The lowest BCUT2D eigenvalue weighted by molar-refractivity contribution is -0.143. The number of rotatable bonds is 6. The Morgan fingerprint density at radius 1 is 1.20 bits per heavy atom. The molecule has 0 bridgehead atoms. The quantitative estimate of drug-likeness (QED) is 0.706. The zero-order valence-corrected chi connectivity index (χ0v) is 14.9. The zero-order valence-electron chi connectivity index (χ0n) is 14.1. The maximum atomic E-state index is 12.2. The summed E-state index contributed by atoms with van der Waals surface area (Å²) in [7, 11) is -3.53. The Labute approximate surface area is 147 Å². The lowest BCUT2D eigenvalue weighted by Gasteiger charge is -2.30. The zero-order chi connectivity index (χ0) is 18.4. The monoisotopic (exact) mass is 369 g/mol. The number of nitrogens with one attached hydrogen (secondary N) is 2. The summed E-state index contributed by atoms with van der Waals surface area (Å²) in [6.45, 7) is 3.01. The van der Waals surface area contributed by atoms with Crippen LogP contribution in [0.25, 0.3) is 0 Å². The van der Waals surface area contributed by atoms with Crippen LogP contribution in [0.4, 0.5) is 10.5 Å². The molecule has 0 saturated carbocycles. The van der Waals surface area contributed by atoms with Gasteiger partial charge in [0, 0.05) is 25.3 Å². The Bertz CT molecular complexity index is 710. The van der Waals surface area contributed by atoms with Crippen LogP contribution in [0.15, 0.2) is 29.2 Å². The minimum absolute atomic E-state index is 0.140. The van der Waals surface area contributed by atoms with Crippen molar-refractivity contribution in [3.05, 3.63) is 24.3 Å². The number of carboxylic acids is 1. The molecule has 9 heteroatoms. The summed E-state index contributed by atoms with van der Waals surface area (Å²) in [5, 5.41) is 11.7. The summed E-state index contributed by atoms with van der Waals surface area (Å²) in [5.41, 5.74) is 0.486. The number of piperidine rings is 1. The fourth-order valence-electron chi connectivity index (χ4n) is 2.57. The minimum atomic E-state index is -3.53. The predicted octanol–water partition coefficient (Wildman–Crippen LogP) is 1.70. The number of carboxylic acid groups (broad SMARTS) is 1. The number of carbonyl (C=O) groups is 2. The van der Waals surface area contributed by atoms with Gasteiger partial charge in [-0.1, -0.05) is 6.92 Å². The van der Waals surface area contributed by atoms with E-state index in [0.29, 0.717) is 44.6 Å². The third kappa shape index (κ3) is 5.17. The second kappa shape index (κ2) is 8.30. The van der Waals surface area contributed by atoms with Crippen LogP contribution >= 0.6 is 0 Å². The van der Waals surface area contributed by atoms with E-state index in [1.807, 2.05) is 6.92 Å². The molecule has 138 valence electrons. The Morgan fingerprint density at radius 3 is 2.32 bits per heavy atom. The maximum Gasteiger partial charge on any atom is 0.321 e. The summed E-state index contributed by atoms with van der Waals surface area (Å²) < 4.78 is 26.5. The highest BCUT2D eigenvalue weighted by Crippen LogP contribution is 2.19. The second-order valence-corrected chi connectivity index (χ2v) is 7.72. The van der Waals surface area contributed by atoms with E-state index in [0.717, 1.165) is 0 Å². The molecule has 2 amide bonds. The van der Waals surface area contributed by atoms with Crippen molar-refractivity contribution in [1.29, 1.82) is 0 Å². The lowest BCUT2D eigenvalue weighted by Crippen LogP contribution is -2.42. The van der Waals surface area contributed by atoms with Crippen molar-refractivity contribution in [2.75, 3.05) is 25.0 Å². The molecule has 1 aliphatic heterocycles. The molecule has 1 aliphatic rings. The predicted molar refractivity (Wildman–Crippen MR) is 92.9 cm³/mol. The molecule has 2 rings (SSSR count). The number of nitrogens with zero attached hydrogens (tertiary/aromatic N) is 1. The molecule has 0 aromatic heterocycles. The largest absolute Gasteiger partial charge is 0.481 e. The first-order valence-electron chi connectivity index (χ1n) is 8.22. The lowest BCUT2D eigenvalue weighted by atomic mass is 9.97. The number of hydrogen-bond acceptors (Lipinski definition) is 4. The van der Waals surface area contributed by atoms with E-state index in [2.05, 4.69) is 10.0 Å².